The van der Waals surface area contributed by atoms with Gasteiger partial charge in [-0.2, -0.15) is 0 Å². The first kappa shape index (κ1) is 15.3. The summed E-state index contributed by atoms with van der Waals surface area (Å²) in [5.41, 5.74) is 1.79. The highest BCUT2D eigenvalue weighted by molar-refractivity contribution is 6.31. The molecule has 4 heteroatoms. The summed E-state index contributed by atoms with van der Waals surface area (Å²) in [5.74, 6) is 0.274. The number of phenolic OH excluding ortho intramolecular Hbond substituents is 1. The van der Waals surface area contributed by atoms with Gasteiger partial charge in [0.15, 0.2) is 0 Å². The largest absolute Gasteiger partial charge is 0.508 e. The average molecular weight is 272 g/mol. The van der Waals surface area contributed by atoms with Gasteiger partial charge in [-0.05, 0) is 24.6 Å². The molecule has 1 N–H and O–H groups in total. The summed E-state index contributed by atoms with van der Waals surface area (Å²) in [6, 6.07) is 3.71. The van der Waals surface area contributed by atoms with Gasteiger partial charge >= 0.3 is 0 Å². The molecule has 0 bridgehead atoms. The number of rotatable bonds is 2. The lowest BCUT2D eigenvalue weighted by atomic mass is 10.1. The van der Waals surface area contributed by atoms with E-state index in [4.69, 9.17) is 16.3 Å². The highest BCUT2D eigenvalue weighted by Gasteiger charge is 2.12. The van der Waals surface area contributed by atoms with Crippen LogP contribution in [-0.4, -0.2) is 36.3 Å². The topological polar surface area (TPSA) is 32.7 Å². The molecule has 1 aliphatic heterocycles. The van der Waals surface area contributed by atoms with Crippen LogP contribution in [0.15, 0.2) is 12.1 Å². The quantitative estimate of drug-likeness (QED) is 0.897. The van der Waals surface area contributed by atoms with E-state index in [9.17, 15) is 5.11 Å². The van der Waals surface area contributed by atoms with E-state index in [0.29, 0.717) is 5.02 Å². The summed E-state index contributed by atoms with van der Waals surface area (Å²) in [4.78, 5) is 2.30. The maximum absolute atomic E-state index is 9.68. The zero-order chi connectivity index (χ0) is 13.5. The molecule has 1 fully saturated rings. The Labute approximate surface area is 114 Å². The number of hydrogen-bond donors (Lipinski definition) is 1. The molecule has 0 spiro atoms. The maximum atomic E-state index is 9.68. The normalized spacial score (nSPS) is 16.0. The van der Waals surface area contributed by atoms with E-state index >= 15 is 0 Å². The predicted molar refractivity (Wildman–Crippen MR) is 75.3 cm³/mol. The minimum Gasteiger partial charge on any atom is -0.508 e. The van der Waals surface area contributed by atoms with Crippen molar-refractivity contribution in [3.63, 3.8) is 0 Å². The summed E-state index contributed by atoms with van der Waals surface area (Å²) in [6.07, 6.45) is 0. The van der Waals surface area contributed by atoms with E-state index in [-0.39, 0.29) is 5.75 Å². The molecular weight excluding hydrogens is 250 g/mol. The van der Waals surface area contributed by atoms with Crippen LogP contribution >= 0.6 is 11.6 Å². The molecule has 102 valence electrons. The lowest BCUT2D eigenvalue weighted by Crippen LogP contribution is -2.35. The SMILES string of the molecule is CC.Cc1c(O)cc(CN2CCOCC2)cc1Cl. The average Bonchev–Trinajstić information content (AvgIpc) is 2.39. The molecule has 0 radical (unpaired) electrons. The lowest BCUT2D eigenvalue weighted by molar-refractivity contribution is 0.0342. The third kappa shape index (κ3) is 4.16. The predicted octanol–water partition coefficient (Wildman–Crippen LogP) is 3.21. The van der Waals surface area contributed by atoms with Gasteiger partial charge in [0.25, 0.3) is 0 Å². The van der Waals surface area contributed by atoms with Gasteiger partial charge in [-0.25, -0.2) is 0 Å². The summed E-state index contributed by atoms with van der Waals surface area (Å²) in [7, 11) is 0. The molecule has 0 atom stereocenters. The van der Waals surface area contributed by atoms with Gasteiger partial charge in [0.1, 0.15) is 5.75 Å². The smallest absolute Gasteiger partial charge is 0.120 e. The molecule has 0 saturated carbocycles. The van der Waals surface area contributed by atoms with Crippen molar-refractivity contribution in [2.24, 2.45) is 0 Å². The lowest BCUT2D eigenvalue weighted by Gasteiger charge is -2.26. The summed E-state index contributed by atoms with van der Waals surface area (Å²) < 4.78 is 5.29. The van der Waals surface area contributed by atoms with E-state index in [2.05, 4.69) is 4.90 Å². The van der Waals surface area contributed by atoms with Crippen molar-refractivity contribution in [1.82, 2.24) is 4.90 Å². The number of benzene rings is 1. The van der Waals surface area contributed by atoms with E-state index in [1.165, 1.54) is 0 Å². The monoisotopic (exact) mass is 271 g/mol. The molecule has 3 nitrogen and oxygen atoms in total. The highest BCUT2D eigenvalue weighted by atomic mass is 35.5. The third-order valence-electron chi connectivity index (χ3n) is 2.89. The van der Waals surface area contributed by atoms with Gasteiger partial charge in [0.2, 0.25) is 0 Å². The van der Waals surface area contributed by atoms with Gasteiger partial charge in [-0.3, -0.25) is 4.90 Å². The van der Waals surface area contributed by atoms with Crippen molar-refractivity contribution >= 4 is 11.6 Å². The highest BCUT2D eigenvalue weighted by Crippen LogP contribution is 2.27. The first-order valence-corrected chi connectivity index (χ1v) is 6.82. The van der Waals surface area contributed by atoms with Crippen molar-refractivity contribution in [1.29, 1.82) is 0 Å². The fraction of sp³-hybridized carbons (Fsp3) is 0.571. The second-order valence-electron chi connectivity index (χ2n) is 4.11. The van der Waals surface area contributed by atoms with E-state index < -0.39 is 0 Å². The second kappa shape index (κ2) is 7.62. The van der Waals surface area contributed by atoms with Crippen LogP contribution in [0.5, 0.6) is 5.75 Å². The van der Waals surface area contributed by atoms with Crippen LogP contribution in [0.2, 0.25) is 5.02 Å². The zero-order valence-electron chi connectivity index (χ0n) is 11.4. The molecule has 1 aromatic carbocycles. The Hall–Kier alpha value is -0.770. The molecule has 1 saturated heterocycles. The fourth-order valence-electron chi connectivity index (χ4n) is 1.83. The summed E-state index contributed by atoms with van der Waals surface area (Å²) in [6.45, 7) is 10.1. The van der Waals surface area contributed by atoms with Crippen LogP contribution in [0.25, 0.3) is 0 Å². The third-order valence-corrected chi connectivity index (χ3v) is 3.28. The van der Waals surface area contributed by atoms with Crippen LogP contribution < -0.4 is 0 Å². The zero-order valence-corrected chi connectivity index (χ0v) is 12.1. The van der Waals surface area contributed by atoms with E-state index in [1.54, 1.807) is 6.07 Å². The Balaban J connectivity index is 0.000000771. The van der Waals surface area contributed by atoms with E-state index in [0.717, 1.165) is 44.0 Å². The molecule has 0 aliphatic carbocycles. The minimum atomic E-state index is 0.274. The first-order valence-electron chi connectivity index (χ1n) is 6.45. The Morgan fingerprint density at radius 1 is 1.28 bits per heavy atom. The van der Waals surface area contributed by atoms with Crippen LogP contribution in [0.3, 0.4) is 0 Å². The Bertz CT molecular complexity index is 353. The van der Waals surface area contributed by atoms with Crippen LogP contribution in [-0.2, 0) is 11.3 Å². The van der Waals surface area contributed by atoms with Gasteiger partial charge < -0.3 is 9.84 Å². The molecule has 1 aromatic rings. The fourth-order valence-corrected chi connectivity index (χ4v) is 2.06. The van der Waals surface area contributed by atoms with Crippen molar-refractivity contribution < 1.29 is 9.84 Å². The van der Waals surface area contributed by atoms with Crippen LogP contribution in [0.4, 0.5) is 0 Å². The standard InChI is InChI=1S/C12H16ClNO2.C2H6/c1-9-11(13)6-10(7-12(9)15)8-14-2-4-16-5-3-14;1-2/h6-7,15H,2-5,8H2,1H3;1-2H3. The Morgan fingerprint density at radius 2 is 1.89 bits per heavy atom. The number of nitrogens with zero attached hydrogens (tertiary/aromatic N) is 1. The first-order chi connectivity index (χ1) is 8.66. The molecule has 1 aliphatic rings. The molecule has 0 aromatic heterocycles. The second-order valence-corrected chi connectivity index (χ2v) is 4.52. The number of morpholine rings is 1. The summed E-state index contributed by atoms with van der Waals surface area (Å²) in [5, 5.41) is 10.3. The van der Waals surface area contributed by atoms with Gasteiger partial charge in [-0.15, -0.1) is 0 Å². The molecular formula is C14H22ClNO2. The molecule has 2 rings (SSSR count). The number of ether oxygens (including phenoxy) is 1. The Morgan fingerprint density at radius 3 is 2.44 bits per heavy atom. The van der Waals surface area contributed by atoms with Crippen molar-refractivity contribution in [2.45, 2.75) is 27.3 Å². The van der Waals surface area contributed by atoms with Gasteiger partial charge in [0.05, 0.1) is 13.2 Å². The van der Waals surface area contributed by atoms with Gasteiger partial charge in [0, 0.05) is 30.2 Å². The number of halogens is 1. The Kier molecular flexibility index (Phi) is 6.47. The molecule has 0 amide bonds. The van der Waals surface area contributed by atoms with Crippen molar-refractivity contribution in [3.8, 4) is 5.75 Å². The molecule has 0 unspecified atom stereocenters. The minimum absolute atomic E-state index is 0.274. The molecule has 18 heavy (non-hydrogen) atoms. The van der Waals surface area contributed by atoms with Crippen LogP contribution in [0, 0.1) is 6.92 Å². The molecule has 1 heterocycles. The number of aromatic hydroxyl groups is 1. The number of hydrogen-bond acceptors (Lipinski definition) is 3. The van der Waals surface area contributed by atoms with Crippen LogP contribution in [0.1, 0.15) is 25.0 Å². The van der Waals surface area contributed by atoms with Gasteiger partial charge in [-0.1, -0.05) is 25.4 Å². The van der Waals surface area contributed by atoms with Crippen molar-refractivity contribution in [2.75, 3.05) is 26.3 Å². The van der Waals surface area contributed by atoms with Crippen molar-refractivity contribution in [3.05, 3.63) is 28.3 Å². The van der Waals surface area contributed by atoms with E-state index in [1.807, 2.05) is 26.8 Å². The maximum Gasteiger partial charge on any atom is 0.120 e. The number of phenols is 1. The summed E-state index contributed by atoms with van der Waals surface area (Å²) >= 11 is 6.03.